The molecule has 32 heavy (non-hydrogen) atoms. The molecule has 4 aromatic rings. The van der Waals surface area contributed by atoms with Crippen LogP contribution in [0.2, 0.25) is 0 Å². The van der Waals surface area contributed by atoms with Gasteiger partial charge in [-0.05, 0) is 50.2 Å². The number of thioether (sulfide) groups is 1. The zero-order chi connectivity index (χ0) is 22.1. The number of benzene rings is 1. The SMILES string of the molecule is CCc1nc2sc3c(c2c2nnc(SCC(=O)N[C@H](C)CCc4ccccc4)n12)CCC3. The fourth-order valence-electron chi connectivity index (χ4n) is 4.41. The fourth-order valence-corrected chi connectivity index (χ4v) is 6.45. The molecule has 1 aliphatic rings. The van der Waals surface area contributed by atoms with Crippen molar-refractivity contribution in [1.82, 2.24) is 24.9 Å². The molecule has 5 rings (SSSR count). The van der Waals surface area contributed by atoms with E-state index in [1.54, 1.807) is 11.3 Å². The molecule has 1 aliphatic carbocycles. The molecule has 3 aromatic heterocycles. The van der Waals surface area contributed by atoms with Crippen molar-refractivity contribution in [3.8, 4) is 0 Å². The lowest BCUT2D eigenvalue weighted by Gasteiger charge is -2.13. The van der Waals surface area contributed by atoms with Crippen LogP contribution >= 0.6 is 23.1 Å². The lowest BCUT2D eigenvalue weighted by Crippen LogP contribution is -2.34. The largest absolute Gasteiger partial charge is 0.353 e. The van der Waals surface area contributed by atoms with Crippen LogP contribution in [0.25, 0.3) is 15.9 Å². The van der Waals surface area contributed by atoms with Crippen LogP contribution < -0.4 is 5.32 Å². The summed E-state index contributed by atoms with van der Waals surface area (Å²) in [6.07, 6.45) is 6.11. The van der Waals surface area contributed by atoms with Gasteiger partial charge in [0.05, 0.1) is 11.1 Å². The minimum atomic E-state index is 0.0239. The van der Waals surface area contributed by atoms with Crippen LogP contribution in [-0.4, -0.2) is 37.3 Å². The Morgan fingerprint density at radius 2 is 2.09 bits per heavy atom. The van der Waals surface area contributed by atoms with E-state index in [2.05, 4.69) is 58.0 Å². The summed E-state index contributed by atoms with van der Waals surface area (Å²) in [5.74, 6) is 1.30. The molecule has 0 spiro atoms. The Kier molecular flexibility index (Phi) is 6.15. The van der Waals surface area contributed by atoms with Gasteiger partial charge in [0.15, 0.2) is 10.8 Å². The molecule has 6 nitrogen and oxygen atoms in total. The summed E-state index contributed by atoms with van der Waals surface area (Å²) in [5.41, 5.74) is 3.59. The Morgan fingerprint density at radius 3 is 2.91 bits per heavy atom. The normalized spacial score (nSPS) is 14.2. The van der Waals surface area contributed by atoms with Gasteiger partial charge in [-0.25, -0.2) is 4.98 Å². The molecule has 1 aromatic carbocycles. The van der Waals surface area contributed by atoms with E-state index in [1.165, 1.54) is 34.2 Å². The van der Waals surface area contributed by atoms with Crippen molar-refractivity contribution in [2.75, 3.05) is 5.75 Å². The fraction of sp³-hybridized carbons (Fsp3) is 0.417. The van der Waals surface area contributed by atoms with Crippen molar-refractivity contribution < 1.29 is 4.79 Å². The summed E-state index contributed by atoms with van der Waals surface area (Å²) in [7, 11) is 0. The number of thiophene rings is 1. The number of aryl methyl sites for hydroxylation is 4. The smallest absolute Gasteiger partial charge is 0.230 e. The van der Waals surface area contributed by atoms with Crippen LogP contribution in [0.15, 0.2) is 35.5 Å². The standard InChI is InChI=1S/C24H27N5OS2/c1-3-19-26-23-21(17-10-7-11-18(17)32-23)22-27-28-24(29(19)22)31-14-20(30)25-15(2)12-13-16-8-5-4-6-9-16/h4-6,8-9,15H,3,7,10-14H2,1-2H3,(H,25,30)/t15-/m1/s1. The Morgan fingerprint density at radius 1 is 1.25 bits per heavy atom. The maximum absolute atomic E-state index is 12.6. The summed E-state index contributed by atoms with van der Waals surface area (Å²) in [6.45, 7) is 4.16. The van der Waals surface area contributed by atoms with E-state index < -0.39 is 0 Å². The Balaban J connectivity index is 1.28. The molecule has 0 aliphatic heterocycles. The van der Waals surface area contributed by atoms with E-state index in [0.29, 0.717) is 5.75 Å². The van der Waals surface area contributed by atoms with Gasteiger partial charge in [-0.2, -0.15) is 0 Å². The number of amides is 1. The molecule has 0 fully saturated rings. The maximum Gasteiger partial charge on any atom is 0.230 e. The molecular weight excluding hydrogens is 438 g/mol. The summed E-state index contributed by atoms with van der Waals surface area (Å²) in [5, 5.41) is 14.0. The number of carbonyl (C=O) groups is 1. The van der Waals surface area contributed by atoms with Crippen LogP contribution in [0.3, 0.4) is 0 Å². The van der Waals surface area contributed by atoms with Crippen molar-refractivity contribution in [2.45, 2.75) is 63.6 Å². The highest BCUT2D eigenvalue weighted by Crippen LogP contribution is 2.39. The summed E-state index contributed by atoms with van der Waals surface area (Å²) >= 11 is 3.24. The predicted octanol–water partition coefficient (Wildman–Crippen LogP) is 4.62. The van der Waals surface area contributed by atoms with Gasteiger partial charge in [-0.15, -0.1) is 21.5 Å². The molecule has 8 heteroatoms. The van der Waals surface area contributed by atoms with E-state index in [1.807, 2.05) is 6.07 Å². The first-order valence-corrected chi connectivity index (χ1v) is 13.1. The summed E-state index contributed by atoms with van der Waals surface area (Å²) in [6, 6.07) is 10.5. The first-order chi connectivity index (χ1) is 15.6. The van der Waals surface area contributed by atoms with Gasteiger partial charge in [0, 0.05) is 17.3 Å². The topological polar surface area (TPSA) is 72.2 Å². The molecule has 1 N–H and O–H groups in total. The van der Waals surface area contributed by atoms with Crippen LogP contribution in [0.5, 0.6) is 0 Å². The van der Waals surface area contributed by atoms with Gasteiger partial charge in [0.25, 0.3) is 0 Å². The molecule has 3 heterocycles. The number of fused-ring (bicyclic) bond motifs is 5. The van der Waals surface area contributed by atoms with Crippen LogP contribution in [0, 0.1) is 0 Å². The highest BCUT2D eigenvalue weighted by Gasteiger charge is 2.24. The minimum Gasteiger partial charge on any atom is -0.353 e. The zero-order valence-corrected chi connectivity index (χ0v) is 20.1. The van der Waals surface area contributed by atoms with Crippen molar-refractivity contribution >= 4 is 44.9 Å². The van der Waals surface area contributed by atoms with E-state index in [0.717, 1.165) is 58.9 Å². The van der Waals surface area contributed by atoms with Crippen LogP contribution in [-0.2, 0) is 30.5 Å². The van der Waals surface area contributed by atoms with Gasteiger partial charge in [-0.3, -0.25) is 9.20 Å². The average Bonchev–Trinajstić information content (AvgIpc) is 3.50. The zero-order valence-electron chi connectivity index (χ0n) is 18.4. The molecule has 0 unspecified atom stereocenters. The number of nitrogens with zero attached hydrogens (tertiary/aromatic N) is 4. The third-order valence-corrected chi connectivity index (χ3v) is 8.13. The van der Waals surface area contributed by atoms with Crippen molar-refractivity contribution in [3.05, 3.63) is 52.2 Å². The minimum absolute atomic E-state index is 0.0239. The molecule has 166 valence electrons. The molecule has 0 saturated heterocycles. The van der Waals surface area contributed by atoms with Gasteiger partial charge in [0.1, 0.15) is 10.7 Å². The van der Waals surface area contributed by atoms with Crippen LogP contribution in [0.4, 0.5) is 0 Å². The second-order valence-corrected chi connectivity index (χ2v) is 10.4. The van der Waals surface area contributed by atoms with E-state index >= 15 is 0 Å². The second-order valence-electron chi connectivity index (χ2n) is 8.34. The Labute approximate surface area is 195 Å². The number of hydrogen-bond donors (Lipinski definition) is 1. The first-order valence-electron chi connectivity index (χ1n) is 11.3. The Hall–Kier alpha value is -2.45. The lowest BCUT2D eigenvalue weighted by atomic mass is 10.1. The monoisotopic (exact) mass is 465 g/mol. The molecule has 0 radical (unpaired) electrons. The summed E-state index contributed by atoms with van der Waals surface area (Å²) < 4.78 is 2.06. The number of carbonyl (C=O) groups excluding carboxylic acids is 1. The first kappa shape index (κ1) is 21.4. The van der Waals surface area contributed by atoms with Crippen molar-refractivity contribution in [2.24, 2.45) is 0 Å². The number of rotatable bonds is 8. The summed E-state index contributed by atoms with van der Waals surface area (Å²) in [4.78, 5) is 20.0. The number of nitrogens with one attached hydrogen (secondary N) is 1. The van der Waals surface area contributed by atoms with Gasteiger partial charge >= 0.3 is 0 Å². The second kappa shape index (κ2) is 9.19. The van der Waals surface area contributed by atoms with E-state index in [-0.39, 0.29) is 11.9 Å². The highest BCUT2D eigenvalue weighted by molar-refractivity contribution is 7.99. The highest BCUT2D eigenvalue weighted by atomic mass is 32.2. The lowest BCUT2D eigenvalue weighted by molar-refractivity contribution is -0.119. The van der Waals surface area contributed by atoms with Crippen molar-refractivity contribution in [3.63, 3.8) is 0 Å². The third-order valence-electron chi connectivity index (χ3n) is 6.01. The van der Waals surface area contributed by atoms with Crippen molar-refractivity contribution in [1.29, 1.82) is 0 Å². The van der Waals surface area contributed by atoms with Gasteiger partial charge in [0.2, 0.25) is 5.91 Å². The quantitative estimate of drug-likeness (QED) is 0.385. The molecule has 1 amide bonds. The number of hydrogen-bond acceptors (Lipinski definition) is 6. The van der Waals surface area contributed by atoms with Crippen LogP contribution in [0.1, 0.15) is 48.5 Å². The molecule has 1 atom stereocenters. The average molecular weight is 466 g/mol. The predicted molar refractivity (Wildman–Crippen MR) is 131 cm³/mol. The Bertz CT molecular complexity index is 1260. The third kappa shape index (κ3) is 4.13. The van der Waals surface area contributed by atoms with Gasteiger partial charge in [-0.1, -0.05) is 49.0 Å². The molecular formula is C24H27N5OS2. The van der Waals surface area contributed by atoms with E-state index in [9.17, 15) is 4.79 Å². The maximum atomic E-state index is 12.6. The van der Waals surface area contributed by atoms with E-state index in [4.69, 9.17) is 4.98 Å². The van der Waals surface area contributed by atoms with Gasteiger partial charge < -0.3 is 5.32 Å². The molecule has 0 saturated carbocycles. The molecule has 0 bridgehead atoms. The number of aromatic nitrogens is 4.